The fraction of sp³-hybridized carbons (Fsp3) is 0.357. The molecule has 2 amide bonds. The van der Waals surface area contributed by atoms with Crippen LogP contribution >= 0.6 is 34.7 Å². The normalized spacial score (nSPS) is 22.2. The molecular formula is C14H14ClN5O5S2. The summed E-state index contributed by atoms with van der Waals surface area (Å²) in [7, 11) is 0. The molecule has 0 bridgehead atoms. The van der Waals surface area contributed by atoms with Crippen molar-refractivity contribution in [3.63, 3.8) is 0 Å². The second kappa shape index (κ2) is 7.74. The third-order valence-corrected chi connectivity index (χ3v) is 6.10. The van der Waals surface area contributed by atoms with Crippen LogP contribution in [0.5, 0.6) is 0 Å². The molecule has 1 aromatic rings. The highest BCUT2D eigenvalue weighted by molar-refractivity contribution is 8.00. The maximum atomic E-state index is 12.6. The molecule has 0 radical (unpaired) electrons. The number of carbonyl (C=O) groups excluding carboxylic acids is 2. The third kappa shape index (κ3) is 3.59. The minimum Gasteiger partial charge on any atom is -0.477 e. The Balaban J connectivity index is 1.78. The van der Waals surface area contributed by atoms with E-state index in [2.05, 4.69) is 15.5 Å². The molecule has 10 nitrogen and oxygen atoms in total. The fourth-order valence-corrected chi connectivity index (χ4v) is 4.62. The molecule has 1 fully saturated rings. The van der Waals surface area contributed by atoms with Crippen molar-refractivity contribution in [1.29, 1.82) is 0 Å². The Kier molecular flexibility index (Phi) is 5.58. The topological polar surface area (TPSA) is 147 Å². The van der Waals surface area contributed by atoms with E-state index in [9.17, 15) is 19.5 Å². The second-order valence-electron chi connectivity index (χ2n) is 5.35. The van der Waals surface area contributed by atoms with Gasteiger partial charge in [0.15, 0.2) is 10.8 Å². The number of hydrogen-bond donors (Lipinski definition) is 3. The van der Waals surface area contributed by atoms with Crippen LogP contribution in [0.1, 0.15) is 12.6 Å². The minimum absolute atomic E-state index is 0.0819. The Morgan fingerprint density at radius 1 is 1.59 bits per heavy atom. The number of nitrogens with zero attached hydrogens (tertiary/aromatic N) is 3. The lowest BCUT2D eigenvalue weighted by Crippen LogP contribution is -2.71. The van der Waals surface area contributed by atoms with Gasteiger partial charge in [0.2, 0.25) is 0 Å². The van der Waals surface area contributed by atoms with Crippen LogP contribution in [0.15, 0.2) is 21.3 Å². The van der Waals surface area contributed by atoms with E-state index in [1.807, 2.05) is 0 Å². The van der Waals surface area contributed by atoms with Crippen molar-refractivity contribution in [2.75, 3.05) is 18.1 Å². The van der Waals surface area contributed by atoms with Gasteiger partial charge in [0.1, 0.15) is 29.4 Å². The van der Waals surface area contributed by atoms with Crippen LogP contribution in [-0.4, -0.2) is 62.3 Å². The number of hydrogen-bond acceptors (Lipinski definition) is 9. The van der Waals surface area contributed by atoms with Crippen molar-refractivity contribution in [1.82, 2.24) is 15.2 Å². The summed E-state index contributed by atoms with van der Waals surface area (Å²) in [6.45, 7) is 1.93. The number of rotatable bonds is 6. The summed E-state index contributed by atoms with van der Waals surface area (Å²) in [5.41, 5.74) is 5.43. The molecule has 2 atom stereocenters. The molecule has 3 rings (SSSR count). The number of thioether (sulfide) groups is 1. The zero-order valence-corrected chi connectivity index (χ0v) is 16.2. The summed E-state index contributed by atoms with van der Waals surface area (Å²) in [5.74, 6) is -2.30. The number of amides is 2. The Labute approximate surface area is 166 Å². The van der Waals surface area contributed by atoms with E-state index >= 15 is 0 Å². The number of anilines is 1. The molecule has 1 saturated heterocycles. The molecule has 144 valence electrons. The first-order chi connectivity index (χ1) is 12.8. The molecule has 1 unspecified atom stereocenters. The van der Waals surface area contributed by atoms with E-state index in [1.165, 1.54) is 11.8 Å². The molecule has 0 saturated carbocycles. The van der Waals surface area contributed by atoms with Crippen molar-refractivity contribution < 1.29 is 24.3 Å². The summed E-state index contributed by atoms with van der Waals surface area (Å²) >= 11 is 8.31. The Hall–Kier alpha value is -2.31. The number of nitrogen functional groups attached to an aromatic ring is 1. The minimum atomic E-state index is -1.29. The number of oxime groups is 1. The summed E-state index contributed by atoms with van der Waals surface area (Å²) in [6, 6.07) is -0.913. The number of carboxylic acids is 1. The quantitative estimate of drug-likeness (QED) is 0.333. The lowest BCUT2D eigenvalue weighted by Gasteiger charge is -2.48. The van der Waals surface area contributed by atoms with Crippen LogP contribution in [0, 0.1) is 0 Å². The Bertz CT molecular complexity index is 870. The molecule has 3 heterocycles. The molecule has 4 N–H and O–H groups in total. The molecule has 0 spiro atoms. The van der Waals surface area contributed by atoms with Crippen LogP contribution in [0.25, 0.3) is 0 Å². The highest BCUT2D eigenvalue weighted by atomic mass is 35.5. The highest BCUT2D eigenvalue weighted by Crippen LogP contribution is 2.41. The van der Waals surface area contributed by atoms with Gasteiger partial charge in [-0.15, -0.1) is 23.1 Å². The van der Waals surface area contributed by atoms with Crippen molar-refractivity contribution in [3.8, 4) is 0 Å². The molecule has 2 aliphatic heterocycles. The number of fused-ring (bicyclic) bond motifs is 1. The number of β-lactam (4-membered cyclic amide) rings is 1. The molecule has 0 aliphatic carbocycles. The maximum Gasteiger partial charge on any atom is 0.353 e. The van der Waals surface area contributed by atoms with Crippen LogP contribution < -0.4 is 11.1 Å². The van der Waals surface area contributed by atoms with Crippen molar-refractivity contribution >= 4 is 63.3 Å². The van der Waals surface area contributed by atoms with Gasteiger partial charge in [-0.1, -0.05) is 16.8 Å². The first-order valence-corrected chi connectivity index (χ1v) is 9.94. The third-order valence-electron chi connectivity index (χ3n) is 3.68. The van der Waals surface area contributed by atoms with E-state index in [4.69, 9.17) is 22.2 Å². The lowest BCUT2D eigenvalue weighted by molar-refractivity contribution is -0.150. The van der Waals surface area contributed by atoms with Gasteiger partial charge in [-0.3, -0.25) is 14.5 Å². The number of aliphatic carboxylic acids is 1. The number of halogens is 1. The van der Waals surface area contributed by atoms with Crippen LogP contribution in [0.3, 0.4) is 0 Å². The lowest BCUT2D eigenvalue weighted by atomic mass is 10.0. The molecule has 1 aromatic heterocycles. The Morgan fingerprint density at radius 2 is 2.33 bits per heavy atom. The first-order valence-electron chi connectivity index (χ1n) is 7.64. The van der Waals surface area contributed by atoms with Crippen molar-refractivity contribution in [3.05, 3.63) is 21.8 Å². The van der Waals surface area contributed by atoms with Crippen molar-refractivity contribution in [2.45, 2.75) is 18.3 Å². The van der Waals surface area contributed by atoms with Gasteiger partial charge in [-0.2, -0.15) is 0 Å². The van der Waals surface area contributed by atoms with E-state index in [0.29, 0.717) is 0 Å². The highest BCUT2D eigenvalue weighted by Gasteiger charge is 2.54. The predicted molar refractivity (Wildman–Crippen MR) is 100 cm³/mol. The molecule has 0 aromatic carbocycles. The molecule has 27 heavy (non-hydrogen) atoms. The summed E-state index contributed by atoms with van der Waals surface area (Å²) in [6.07, 6.45) is 0. The zero-order chi connectivity index (χ0) is 19.7. The van der Waals surface area contributed by atoms with Crippen LogP contribution in [-0.2, 0) is 19.2 Å². The smallest absolute Gasteiger partial charge is 0.353 e. The average molecular weight is 432 g/mol. The standard InChI is InChI=1S/C14H14ClN5O5S2/c1-2-25-19-7(6-4-27-14(16)17-6)10(21)18-8-11(22)20-9(13(23)24)5(15)3-26-12(8)20/h4,8,12H,2-3H2,1H3,(H2,16,17)(H,18,21)(H,23,24)/t8?,12-/m1/s1. The SMILES string of the molecule is CCON=C(C(=O)NC1C(=O)N2C(C(=O)O)=C(Cl)CS[C@H]12)c1csc(N)n1. The monoisotopic (exact) mass is 431 g/mol. The largest absolute Gasteiger partial charge is 0.477 e. The summed E-state index contributed by atoms with van der Waals surface area (Å²) in [4.78, 5) is 46.4. The molecule has 2 aliphatic rings. The van der Waals surface area contributed by atoms with Gasteiger partial charge in [0, 0.05) is 11.1 Å². The predicted octanol–water partition coefficient (Wildman–Crippen LogP) is 0.401. The van der Waals surface area contributed by atoms with Gasteiger partial charge >= 0.3 is 5.97 Å². The fourth-order valence-electron chi connectivity index (χ4n) is 2.52. The number of carboxylic acid groups (broad SMARTS) is 1. The van der Waals surface area contributed by atoms with Gasteiger partial charge in [-0.05, 0) is 6.92 Å². The van der Waals surface area contributed by atoms with Gasteiger partial charge < -0.3 is 21.0 Å². The maximum absolute atomic E-state index is 12.6. The summed E-state index contributed by atoms with van der Waals surface area (Å²) in [5, 5.41) is 16.9. The van der Waals surface area contributed by atoms with Gasteiger partial charge in [0.25, 0.3) is 11.8 Å². The summed E-state index contributed by atoms with van der Waals surface area (Å²) < 4.78 is 0. The zero-order valence-electron chi connectivity index (χ0n) is 13.8. The van der Waals surface area contributed by atoms with Crippen molar-refractivity contribution in [2.24, 2.45) is 5.16 Å². The number of aromatic nitrogens is 1. The number of thiazole rings is 1. The van der Waals surface area contributed by atoms with E-state index < -0.39 is 29.2 Å². The first kappa shape index (κ1) is 19.5. The number of carbonyl (C=O) groups is 3. The van der Waals surface area contributed by atoms with Gasteiger partial charge in [0.05, 0.1) is 5.03 Å². The number of nitrogens with two attached hydrogens (primary N) is 1. The number of nitrogens with one attached hydrogen (secondary N) is 1. The van der Waals surface area contributed by atoms with Crippen LogP contribution in [0.4, 0.5) is 5.13 Å². The van der Waals surface area contributed by atoms with Crippen LogP contribution in [0.2, 0.25) is 0 Å². The second-order valence-corrected chi connectivity index (χ2v) is 7.80. The van der Waals surface area contributed by atoms with Gasteiger partial charge in [-0.25, -0.2) is 9.78 Å². The average Bonchev–Trinajstić information content (AvgIpc) is 3.05. The molecular weight excluding hydrogens is 418 g/mol. The van der Waals surface area contributed by atoms with E-state index in [1.54, 1.807) is 12.3 Å². The van der Waals surface area contributed by atoms with E-state index in [-0.39, 0.29) is 39.6 Å². The Morgan fingerprint density at radius 3 is 2.93 bits per heavy atom. The van der Waals surface area contributed by atoms with E-state index in [0.717, 1.165) is 16.2 Å². The molecule has 13 heteroatoms.